The fourth-order valence-corrected chi connectivity index (χ4v) is 3.13. The predicted molar refractivity (Wildman–Crippen MR) is 93.0 cm³/mol. The van der Waals surface area contributed by atoms with Crippen LogP contribution in [-0.4, -0.2) is 36.1 Å². The smallest absolute Gasteiger partial charge is 0.222 e. The Morgan fingerprint density at radius 2 is 1.55 bits per heavy atom. The second-order valence-corrected chi connectivity index (χ2v) is 6.64. The Morgan fingerprint density at radius 3 is 2.14 bits per heavy atom. The lowest BCUT2D eigenvalue weighted by Crippen LogP contribution is -2.48. The monoisotopic (exact) mass is 309 g/mol. The van der Waals surface area contributed by atoms with Crippen LogP contribution in [0.3, 0.4) is 0 Å². The van der Waals surface area contributed by atoms with E-state index in [1.54, 1.807) is 0 Å². The van der Waals surface area contributed by atoms with E-state index in [0.717, 1.165) is 19.5 Å². The number of nitrogens with zero attached hydrogens (tertiary/aromatic N) is 1. The lowest BCUT2D eigenvalue weighted by atomic mass is 10.1. The fraction of sp³-hybridized carbons (Fsp3) is 0.842. The summed E-state index contributed by atoms with van der Waals surface area (Å²) in [5.74, 6) is 0.313. The molecule has 0 spiro atoms. The summed E-state index contributed by atoms with van der Waals surface area (Å²) in [5.41, 5.74) is 0. The number of hydrogen-bond acceptors (Lipinski definition) is 2. The number of carbonyl (C=O) groups is 1. The Balaban J connectivity index is 1.96. The van der Waals surface area contributed by atoms with Gasteiger partial charge in [0.15, 0.2) is 0 Å². The zero-order valence-corrected chi connectivity index (χ0v) is 14.9. The highest BCUT2D eigenvalue weighted by Crippen LogP contribution is 2.14. The minimum Gasteiger partial charge on any atom is -0.372 e. The van der Waals surface area contributed by atoms with Crippen molar-refractivity contribution >= 4 is 5.91 Å². The van der Waals surface area contributed by atoms with E-state index < -0.39 is 0 Å². The van der Waals surface area contributed by atoms with E-state index >= 15 is 0 Å². The van der Waals surface area contributed by atoms with Crippen LogP contribution in [0.4, 0.5) is 0 Å². The van der Waals surface area contributed by atoms with Crippen molar-refractivity contribution < 1.29 is 9.53 Å². The Morgan fingerprint density at radius 1 is 1.00 bits per heavy atom. The average molecular weight is 309 g/mol. The number of allylic oxidation sites excluding steroid dienone is 2. The molecule has 2 unspecified atom stereocenters. The van der Waals surface area contributed by atoms with Gasteiger partial charge in [-0.05, 0) is 40.0 Å². The van der Waals surface area contributed by atoms with Gasteiger partial charge in [0.1, 0.15) is 0 Å². The van der Waals surface area contributed by atoms with E-state index in [2.05, 4.69) is 19.1 Å². The molecule has 1 aliphatic heterocycles. The first-order valence-electron chi connectivity index (χ1n) is 9.18. The van der Waals surface area contributed by atoms with Gasteiger partial charge in [-0.3, -0.25) is 4.79 Å². The van der Waals surface area contributed by atoms with Gasteiger partial charge in [-0.15, -0.1) is 0 Å². The summed E-state index contributed by atoms with van der Waals surface area (Å²) in [6.07, 6.45) is 15.5. The fourth-order valence-electron chi connectivity index (χ4n) is 3.13. The molecule has 0 radical (unpaired) electrons. The highest BCUT2D eigenvalue weighted by atomic mass is 16.5. The Bertz CT molecular complexity index is 317. The zero-order valence-electron chi connectivity index (χ0n) is 14.9. The van der Waals surface area contributed by atoms with Gasteiger partial charge in [0, 0.05) is 19.5 Å². The number of ether oxygens (including phenoxy) is 1. The first-order valence-corrected chi connectivity index (χ1v) is 9.18. The molecule has 3 nitrogen and oxygen atoms in total. The first-order chi connectivity index (χ1) is 10.6. The molecule has 1 rings (SSSR count). The highest BCUT2D eigenvalue weighted by Gasteiger charge is 2.25. The van der Waals surface area contributed by atoms with Crippen LogP contribution in [0.5, 0.6) is 0 Å². The molecule has 0 aliphatic carbocycles. The van der Waals surface area contributed by atoms with Gasteiger partial charge in [-0.1, -0.05) is 44.3 Å². The maximum atomic E-state index is 12.2. The number of unbranched alkanes of at least 4 members (excludes halogenated alkanes) is 7. The van der Waals surface area contributed by atoms with Crippen molar-refractivity contribution in [3.8, 4) is 0 Å². The molecule has 128 valence electrons. The van der Waals surface area contributed by atoms with Gasteiger partial charge in [-0.2, -0.15) is 0 Å². The van der Waals surface area contributed by atoms with Crippen LogP contribution in [0.1, 0.15) is 78.6 Å². The van der Waals surface area contributed by atoms with Gasteiger partial charge in [0.05, 0.1) is 12.2 Å². The third-order valence-corrected chi connectivity index (χ3v) is 4.27. The number of rotatable bonds is 10. The van der Waals surface area contributed by atoms with Crippen LogP contribution < -0.4 is 0 Å². The summed E-state index contributed by atoms with van der Waals surface area (Å²) in [4.78, 5) is 14.2. The second kappa shape index (κ2) is 11.7. The van der Waals surface area contributed by atoms with E-state index in [1.165, 1.54) is 44.9 Å². The summed E-state index contributed by atoms with van der Waals surface area (Å²) in [7, 11) is 0. The zero-order chi connectivity index (χ0) is 16.2. The number of amides is 1. The molecule has 1 saturated heterocycles. The van der Waals surface area contributed by atoms with Gasteiger partial charge in [-0.25, -0.2) is 0 Å². The van der Waals surface area contributed by atoms with Crippen molar-refractivity contribution in [3.63, 3.8) is 0 Å². The summed E-state index contributed by atoms with van der Waals surface area (Å²) in [5, 5.41) is 0. The third kappa shape index (κ3) is 8.57. The second-order valence-electron chi connectivity index (χ2n) is 6.64. The Hall–Kier alpha value is -0.830. The van der Waals surface area contributed by atoms with Crippen LogP contribution in [0.25, 0.3) is 0 Å². The normalized spacial score (nSPS) is 22.4. The van der Waals surface area contributed by atoms with Crippen LogP contribution in [-0.2, 0) is 9.53 Å². The number of morpholine rings is 1. The predicted octanol–water partition coefficient (Wildman–Crippen LogP) is 4.71. The number of hydrogen-bond donors (Lipinski definition) is 0. The molecule has 2 atom stereocenters. The molecule has 1 aliphatic rings. The molecule has 1 heterocycles. The van der Waals surface area contributed by atoms with Crippen LogP contribution >= 0.6 is 0 Å². The molecule has 0 aromatic heterocycles. The van der Waals surface area contributed by atoms with E-state index in [9.17, 15) is 4.79 Å². The quantitative estimate of drug-likeness (QED) is 0.432. The van der Waals surface area contributed by atoms with Crippen LogP contribution in [0.2, 0.25) is 0 Å². The van der Waals surface area contributed by atoms with E-state index in [-0.39, 0.29) is 12.2 Å². The maximum Gasteiger partial charge on any atom is 0.222 e. The molecule has 1 fully saturated rings. The van der Waals surface area contributed by atoms with Gasteiger partial charge in [0.25, 0.3) is 0 Å². The van der Waals surface area contributed by atoms with Gasteiger partial charge in [0.2, 0.25) is 5.91 Å². The van der Waals surface area contributed by atoms with Crippen molar-refractivity contribution in [2.75, 3.05) is 13.1 Å². The molecule has 0 aromatic rings. The molecule has 0 bridgehead atoms. The Labute approximate surface area is 137 Å². The standard InChI is InChI=1S/C19H35NO2/c1-4-5-6-7-8-9-10-11-12-13-14-19(21)20-15-17(2)22-18(3)16-20/h4-5,17-18H,6-16H2,1-3H3/b5-4+. The summed E-state index contributed by atoms with van der Waals surface area (Å²) < 4.78 is 5.67. The lowest BCUT2D eigenvalue weighted by molar-refractivity contribution is -0.143. The SMILES string of the molecule is C/C=C/CCCCCCCCCC(=O)N1CC(C)OC(C)C1. The molecule has 0 N–H and O–H groups in total. The van der Waals surface area contributed by atoms with Gasteiger partial charge >= 0.3 is 0 Å². The minimum absolute atomic E-state index is 0.176. The molecular weight excluding hydrogens is 274 g/mol. The van der Waals surface area contributed by atoms with Gasteiger partial charge < -0.3 is 9.64 Å². The molecular formula is C19H35NO2. The molecule has 1 amide bonds. The van der Waals surface area contributed by atoms with E-state index in [1.807, 2.05) is 18.7 Å². The van der Waals surface area contributed by atoms with Crippen LogP contribution in [0.15, 0.2) is 12.2 Å². The Kier molecular flexibility index (Phi) is 10.2. The summed E-state index contributed by atoms with van der Waals surface area (Å²) >= 11 is 0. The summed E-state index contributed by atoms with van der Waals surface area (Å²) in [6.45, 7) is 7.70. The van der Waals surface area contributed by atoms with Crippen molar-refractivity contribution in [1.82, 2.24) is 4.90 Å². The average Bonchev–Trinajstić information content (AvgIpc) is 2.48. The largest absolute Gasteiger partial charge is 0.372 e. The van der Waals surface area contributed by atoms with Crippen LogP contribution in [0, 0.1) is 0 Å². The van der Waals surface area contributed by atoms with Crippen molar-refractivity contribution in [2.45, 2.75) is 90.8 Å². The van der Waals surface area contributed by atoms with Crippen molar-refractivity contribution in [3.05, 3.63) is 12.2 Å². The minimum atomic E-state index is 0.176. The number of carbonyl (C=O) groups excluding carboxylic acids is 1. The lowest BCUT2D eigenvalue weighted by Gasteiger charge is -2.35. The third-order valence-electron chi connectivity index (χ3n) is 4.27. The van der Waals surface area contributed by atoms with E-state index in [0.29, 0.717) is 12.3 Å². The molecule has 0 aromatic carbocycles. The summed E-state index contributed by atoms with van der Waals surface area (Å²) in [6, 6.07) is 0. The molecule has 0 saturated carbocycles. The van der Waals surface area contributed by atoms with Crippen molar-refractivity contribution in [2.24, 2.45) is 0 Å². The molecule has 22 heavy (non-hydrogen) atoms. The van der Waals surface area contributed by atoms with E-state index in [4.69, 9.17) is 4.74 Å². The topological polar surface area (TPSA) is 29.5 Å². The van der Waals surface area contributed by atoms with Crippen molar-refractivity contribution in [1.29, 1.82) is 0 Å². The molecule has 3 heteroatoms. The maximum absolute atomic E-state index is 12.2. The first kappa shape index (κ1) is 19.2. The highest BCUT2D eigenvalue weighted by molar-refractivity contribution is 5.76.